The monoisotopic (exact) mass is 704 g/mol. The van der Waals surface area contributed by atoms with E-state index in [9.17, 15) is 48.0 Å². The smallest absolute Gasteiger partial charge is 0.369 e. The fourth-order valence-corrected chi connectivity index (χ4v) is 10.7. The third kappa shape index (κ3) is 5.18. The van der Waals surface area contributed by atoms with E-state index in [-0.39, 0.29) is 71.6 Å². The lowest BCUT2D eigenvalue weighted by Crippen LogP contribution is -2.59. The molecule has 2 atom stereocenters. The van der Waals surface area contributed by atoms with E-state index in [1.165, 1.54) is 41.0 Å². The number of rotatable bonds is 5. The number of sulfone groups is 2. The Balaban J connectivity index is 1.71. The standard InChI is InChI=1S/C28H28ClF7N2O5S2/c1-2-37-16-23-25(45(42,43)20-6-4-19(29)5-7-20,11-12-38(23)24(39)17-9-13-44(40,41)14-10-17)21-8-3-18(15-22(21)37)26(30,27(31,32)33)28(34,35)36/h3-8,15,17,23H,2,9-14,16H2,1H3. The molecule has 2 saturated heterocycles. The summed E-state index contributed by atoms with van der Waals surface area (Å²) in [5.74, 6) is -1.68. The normalized spacial score (nSPS) is 24.3. The molecule has 0 spiro atoms. The van der Waals surface area contributed by atoms with Crippen LogP contribution in [0.5, 0.6) is 0 Å². The highest BCUT2D eigenvalue weighted by molar-refractivity contribution is 7.92. The number of amides is 1. The van der Waals surface area contributed by atoms with Crippen LogP contribution in [0.2, 0.25) is 5.02 Å². The highest BCUT2D eigenvalue weighted by Crippen LogP contribution is 2.57. The van der Waals surface area contributed by atoms with Gasteiger partial charge in [-0.05, 0) is 62.1 Å². The Bertz CT molecular complexity index is 1690. The summed E-state index contributed by atoms with van der Waals surface area (Å²) in [6.07, 6.45) is -13.0. The maximum atomic E-state index is 15.2. The number of likely N-dealkylation sites (N-methyl/N-ethyl adjacent to an activating group) is 1. The molecule has 17 heteroatoms. The molecule has 0 radical (unpaired) electrons. The number of alkyl halides is 7. The lowest BCUT2D eigenvalue weighted by Gasteiger charge is -2.48. The van der Waals surface area contributed by atoms with Gasteiger partial charge in [-0.3, -0.25) is 4.79 Å². The fourth-order valence-electron chi connectivity index (χ4n) is 6.80. The molecule has 0 saturated carbocycles. The number of carbonyl (C=O) groups is 1. The largest absolute Gasteiger partial charge is 0.435 e. The lowest BCUT2D eigenvalue weighted by molar-refractivity contribution is -0.348. The van der Waals surface area contributed by atoms with E-state index < -0.39 is 65.9 Å². The first kappa shape index (κ1) is 33.8. The van der Waals surface area contributed by atoms with Crippen molar-refractivity contribution in [3.63, 3.8) is 0 Å². The van der Waals surface area contributed by atoms with Crippen molar-refractivity contribution in [2.45, 2.75) is 59.9 Å². The average Bonchev–Trinajstić information content (AvgIpc) is 3.36. The molecule has 1 amide bonds. The second kappa shape index (κ2) is 11.0. The number of nitrogens with zero attached hydrogens (tertiary/aromatic N) is 2. The fraction of sp³-hybridized carbons (Fsp3) is 0.536. The first-order valence-corrected chi connectivity index (χ1v) is 17.6. The number of hydrogen-bond acceptors (Lipinski definition) is 6. The Morgan fingerprint density at radius 2 is 1.56 bits per heavy atom. The lowest BCUT2D eigenvalue weighted by atomic mass is 9.82. The Morgan fingerprint density at radius 1 is 0.978 bits per heavy atom. The summed E-state index contributed by atoms with van der Waals surface area (Å²) < 4.78 is 148. The van der Waals surface area contributed by atoms with Gasteiger partial charge in [0.2, 0.25) is 5.91 Å². The second-order valence-electron chi connectivity index (χ2n) is 11.5. The van der Waals surface area contributed by atoms with Gasteiger partial charge in [-0.2, -0.15) is 26.3 Å². The van der Waals surface area contributed by atoms with Gasteiger partial charge in [-0.25, -0.2) is 21.2 Å². The van der Waals surface area contributed by atoms with E-state index in [4.69, 9.17) is 11.6 Å². The van der Waals surface area contributed by atoms with E-state index >= 15 is 4.39 Å². The van der Waals surface area contributed by atoms with Crippen LogP contribution in [0.25, 0.3) is 0 Å². The topological polar surface area (TPSA) is 91.8 Å². The van der Waals surface area contributed by atoms with E-state index in [1.807, 2.05) is 0 Å². The number of fused-ring (bicyclic) bond motifs is 3. The molecule has 2 fully saturated rings. The van der Waals surface area contributed by atoms with Crippen molar-refractivity contribution >= 4 is 42.9 Å². The summed E-state index contributed by atoms with van der Waals surface area (Å²) in [5.41, 5.74) is -8.01. The molecule has 0 aromatic heterocycles. The Labute approximate surface area is 260 Å². The van der Waals surface area contributed by atoms with Crippen molar-refractivity contribution in [2.75, 3.05) is 36.0 Å². The van der Waals surface area contributed by atoms with Crippen LogP contribution >= 0.6 is 11.6 Å². The first-order chi connectivity index (χ1) is 20.7. The summed E-state index contributed by atoms with van der Waals surface area (Å²) in [4.78, 5) is 16.2. The van der Waals surface area contributed by atoms with Crippen LogP contribution in [0.15, 0.2) is 47.4 Å². The third-order valence-corrected chi connectivity index (χ3v) is 13.7. The summed E-state index contributed by atoms with van der Waals surface area (Å²) in [7, 11) is -7.89. The van der Waals surface area contributed by atoms with Crippen LogP contribution in [0.3, 0.4) is 0 Å². The zero-order chi connectivity index (χ0) is 33.4. The van der Waals surface area contributed by atoms with E-state index in [2.05, 4.69) is 0 Å². The average molecular weight is 705 g/mol. The molecule has 0 aliphatic carbocycles. The van der Waals surface area contributed by atoms with Gasteiger partial charge in [0, 0.05) is 41.8 Å². The first-order valence-electron chi connectivity index (χ1n) is 13.9. The highest BCUT2D eigenvalue weighted by atomic mass is 35.5. The minimum atomic E-state index is -6.38. The Morgan fingerprint density at radius 3 is 2.09 bits per heavy atom. The Kier molecular flexibility index (Phi) is 8.25. The van der Waals surface area contributed by atoms with E-state index in [0.717, 1.165) is 6.07 Å². The van der Waals surface area contributed by atoms with Gasteiger partial charge in [0.05, 0.1) is 22.4 Å². The van der Waals surface area contributed by atoms with Crippen LogP contribution in [0.1, 0.15) is 37.3 Å². The van der Waals surface area contributed by atoms with Crippen LogP contribution in [-0.4, -0.2) is 77.2 Å². The summed E-state index contributed by atoms with van der Waals surface area (Å²) in [5, 5.41) is 0.197. The molecule has 3 heterocycles. The van der Waals surface area contributed by atoms with E-state index in [0.29, 0.717) is 12.1 Å². The van der Waals surface area contributed by atoms with Crippen molar-refractivity contribution in [1.29, 1.82) is 0 Å². The molecule has 2 aromatic rings. The molecule has 0 N–H and O–H groups in total. The van der Waals surface area contributed by atoms with E-state index in [1.54, 1.807) is 0 Å². The van der Waals surface area contributed by atoms with Crippen molar-refractivity contribution in [1.82, 2.24) is 4.90 Å². The molecule has 248 valence electrons. The van der Waals surface area contributed by atoms with Gasteiger partial charge in [-0.15, -0.1) is 0 Å². The van der Waals surface area contributed by atoms with Gasteiger partial charge < -0.3 is 9.80 Å². The molecular weight excluding hydrogens is 677 g/mol. The van der Waals surface area contributed by atoms with Crippen LogP contribution < -0.4 is 4.90 Å². The molecule has 0 bridgehead atoms. The summed E-state index contributed by atoms with van der Waals surface area (Å²) >= 11 is 5.96. The number of hydrogen-bond donors (Lipinski definition) is 0. The molecule has 3 aliphatic heterocycles. The van der Waals surface area contributed by atoms with Crippen LogP contribution in [0, 0.1) is 5.92 Å². The second-order valence-corrected chi connectivity index (χ2v) is 16.4. The van der Waals surface area contributed by atoms with Crippen molar-refractivity contribution < 1.29 is 52.4 Å². The molecule has 7 nitrogen and oxygen atoms in total. The molecule has 2 unspecified atom stereocenters. The molecular formula is C28H28ClF7N2O5S2. The Hall–Kier alpha value is -2.59. The highest BCUT2D eigenvalue weighted by Gasteiger charge is 2.74. The zero-order valence-electron chi connectivity index (χ0n) is 23.6. The number of likely N-dealkylation sites (tertiary alicyclic amines) is 1. The van der Waals surface area contributed by atoms with Crippen molar-refractivity contribution in [3.05, 3.63) is 58.6 Å². The SMILES string of the molecule is CCN1CC2N(C(=O)C3CCS(=O)(=O)CC3)CCC2(S(=O)(=O)c2ccc(Cl)cc2)c2ccc(C(F)(C(F)(F)F)C(F)(F)F)cc21. The molecule has 5 rings (SSSR count). The number of halogens is 8. The van der Waals surface area contributed by atoms with Crippen molar-refractivity contribution in [3.8, 4) is 0 Å². The maximum absolute atomic E-state index is 15.2. The number of anilines is 1. The van der Waals surface area contributed by atoms with Gasteiger partial charge in [0.15, 0.2) is 9.84 Å². The van der Waals surface area contributed by atoms with Gasteiger partial charge >= 0.3 is 18.0 Å². The minimum absolute atomic E-state index is 0.0201. The van der Waals surface area contributed by atoms with Gasteiger partial charge in [0.25, 0.3) is 0 Å². The van der Waals surface area contributed by atoms with Gasteiger partial charge in [0.1, 0.15) is 14.6 Å². The molecule has 3 aliphatic rings. The quantitative estimate of drug-likeness (QED) is 0.379. The summed E-state index contributed by atoms with van der Waals surface area (Å²) in [6, 6.07) is 5.32. The van der Waals surface area contributed by atoms with Crippen LogP contribution in [0.4, 0.5) is 36.4 Å². The number of benzene rings is 2. The maximum Gasteiger partial charge on any atom is 0.435 e. The van der Waals surface area contributed by atoms with Gasteiger partial charge in [-0.1, -0.05) is 23.7 Å². The molecule has 45 heavy (non-hydrogen) atoms. The molecule has 2 aromatic carbocycles. The van der Waals surface area contributed by atoms with Crippen LogP contribution in [-0.2, 0) is 34.9 Å². The van der Waals surface area contributed by atoms with Crippen molar-refractivity contribution in [2.24, 2.45) is 5.92 Å². The minimum Gasteiger partial charge on any atom is -0.369 e. The predicted octanol–water partition coefficient (Wildman–Crippen LogP) is 5.56. The third-order valence-electron chi connectivity index (χ3n) is 9.18. The number of carbonyl (C=O) groups excluding carboxylic acids is 1. The zero-order valence-corrected chi connectivity index (χ0v) is 26.0. The predicted molar refractivity (Wildman–Crippen MR) is 151 cm³/mol. The summed E-state index contributed by atoms with van der Waals surface area (Å²) in [6.45, 7) is 1.04.